The molecule has 0 saturated heterocycles. The molecule has 0 aromatic carbocycles. The number of anilines is 1. The minimum absolute atomic E-state index is 0.0436. The number of rotatable bonds is 5. The second kappa shape index (κ2) is 6.10. The fraction of sp³-hybridized carbons (Fsp3) is 0.583. The number of hydrogen-bond acceptors (Lipinski definition) is 7. The first kappa shape index (κ1) is 14.5. The van der Waals surface area contributed by atoms with E-state index < -0.39 is 0 Å². The van der Waals surface area contributed by atoms with Crippen molar-refractivity contribution in [3.8, 4) is 0 Å². The van der Waals surface area contributed by atoms with Gasteiger partial charge in [-0.3, -0.25) is 5.21 Å². The minimum atomic E-state index is -0.116. The Morgan fingerprint density at radius 2 is 2.14 bits per heavy atom. The van der Waals surface area contributed by atoms with Gasteiger partial charge in [0.25, 0.3) is 0 Å². The first-order valence-corrected chi connectivity index (χ1v) is 7.32. The predicted octanol–water partition coefficient (Wildman–Crippen LogP) is 1.29. The van der Waals surface area contributed by atoms with Crippen LogP contribution in [0.1, 0.15) is 31.7 Å². The maximum atomic E-state index is 9.96. The maximum Gasteiger partial charge on any atom is 0.226 e. The molecular formula is C12H17ClN6O2. The number of imidazole rings is 1. The molecule has 3 rings (SSSR count). The summed E-state index contributed by atoms with van der Waals surface area (Å²) >= 11 is 5.96. The molecule has 9 heteroatoms. The summed E-state index contributed by atoms with van der Waals surface area (Å²) in [6, 6.07) is 0.367. The molecule has 2 aromatic heterocycles. The van der Waals surface area contributed by atoms with Gasteiger partial charge < -0.3 is 9.67 Å². The predicted molar refractivity (Wildman–Crippen MR) is 77.2 cm³/mol. The largest absolute Gasteiger partial charge is 0.395 e. The molecule has 0 atom stereocenters. The molecule has 1 fully saturated rings. The Hall–Kier alpha value is -1.48. The van der Waals surface area contributed by atoms with E-state index in [0.29, 0.717) is 17.2 Å². The normalized spacial score (nSPS) is 16.0. The van der Waals surface area contributed by atoms with Crippen LogP contribution in [0.4, 0.5) is 5.82 Å². The van der Waals surface area contributed by atoms with Crippen LogP contribution in [0.25, 0.3) is 11.2 Å². The van der Waals surface area contributed by atoms with E-state index in [-0.39, 0.29) is 24.3 Å². The Kier molecular flexibility index (Phi) is 4.20. The van der Waals surface area contributed by atoms with E-state index >= 15 is 0 Å². The van der Waals surface area contributed by atoms with E-state index in [9.17, 15) is 5.21 Å². The van der Waals surface area contributed by atoms with Crippen LogP contribution in [0.3, 0.4) is 0 Å². The van der Waals surface area contributed by atoms with Crippen molar-refractivity contribution in [2.24, 2.45) is 0 Å². The third-order valence-electron chi connectivity index (χ3n) is 3.67. The van der Waals surface area contributed by atoms with Gasteiger partial charge in [0.15, 0.2) is 11.2 Å². The molecule has 114 valence electrons. The summed E-state index contributed by atoms with van der Waals surface area (Å²) in [5.41, 5.74) is 3.67. The highest BCUT2D eigenvalue weighted by molar-refractivity contribution is 6.28. The summed E-state index contributed by atoms with van der Waals surface area (Å²) in [6.45, 7) is 0.0679. The van der Waals surface area contributed by atoms with Crippen LogP contribution in [-0.4, -0.2) is 43.0 Å². The van der Waals surface area contributed by atoms with Gasteiger partial charge in [-0.2, -0.15) is 15.1 Å². The van der Waals surface area contributed by atoms with Crippen molar-refractivity contribution in [2.75, 3.05) is 18.3 Å². The number of fused-ring (bicyclic) bond motifs is 1. The molecule has 0 unspecified atom stereocenters. The molecule has 1 saturated carbocycles. The third-order valence-corrected chi connectivity index (χ3v) is 3.84. The lowest BCUT2D eigenvalue weighted by atomic mass is 10.2. The van der Waals surface area contributed by atoms with E-state index in [0.717, 1.165) is 18.0 Å². The zero-order valence-electron chi connectivity index (χ0n) is 11.4. The zero-order chi connectivity index (χ0) is 14.8. The number of nitrogens with one attached hydrogen (secondary N) is 1. The van der Waals surface area contributed by atoms with Crippen molar-refractivity contribution in [1.29, 1.82) is 0 Å². The number of hydrazine groups is 1. The molecule has 1 aliphatic rings. The molecule has 0 spiro atoms. The SMILES string of the molecule is OCCNN(O)c1nc(Cl)nc2c1ncn2C1CCCC1. The number of aliphatic hydroxyl groups is 1. The number of aliphatic hydroxyl groups excluding tert-OH is 1. The molecular weight excluding hydrogens is 296 g/mol. The van der Waals surface area contributed by atoms with E-state index in [1.54, 1.807) is 6.33 Å². The van der Waals surface area contributed by atoms with Crippen LogP contribution in [0.15, 0.2) is 6.33 Å². The topological polar surface area (TPSA) is 99.3 Å². The summed E-state index contributed by atoms with van der Waals surface area (Å²) in [5, 5.41) is 19.5. The number of nitrogens with zero attached hydrogens (tertiary/aromatic N) is 5. The van der Waals surface area contributed by atoms with Crippen LogP contribution in [0, 0.1) is 0 Å². The maximum absolute atomic E-state index is 9.96. The van der Waals surface area contributed by atoms with Gasteiger partial charge >= 0.3 is 0 Å². The van der Waals surface area contributed by atoms with Gasteiger partial charge in [0.05, 0.1) is 12.9 Å². The van der Waals surface area contributed by atoms with Gasteiger partial charge in [0, 0.05) is 12.6 Å². The highest BCUT2D eigenvalue weighted by Crippen LogP contribution is 2.33. The van der Waals surface area contributed by atoms with Gasteiger partial charge in [-0.25, -0.2) is 10.4 Å². The summed E-state index contributed by atoms with van der Waals surface area (Å²) < 4.78 is 2.00. The summed E-state index contributed by atoms with van der Waals surface area (Å²) in [4.78, 5) is 12.6. The number of halogens is 1. The zero-order valence-corrected chi connectivity index (χ0v) is 12.2. The van der Waals surface area contributed by atoms with Crippen LogP contribution < -0.4 is 10.6 Å². The Balaban J connectivity index is 2.01. The van der Waals surface area contributed by atoms with E-state index in [2.05, 4.69) is 20.4 Å². The molecule has 2 heterocycles. The van der Waals surface area contributed by atoms with Crippen LogP contribution >= 0.6 is 11.6 Å². The summed E-state index contributed by atoms with van der Waals surface area (Å²) in [7, 11) is 0. The standard InChI is InChI=1S/C12H17ClN6O2/c13-12-16-10-9(11(17-12)19(21)15-5-6-20)14-7-18(10)8-3-1-2-4-8/h7-8,15,20-21H,1-6H2. The van der Waals surface area contributed by atoms with Crippen LogP contribution in [0.5, 0.6) is 0 Å². The molecule has 0 aliphatic heterocycles. The lowest BCUT2D eigenvalue weighted by Gasteiger charge is -2.17. The average Bonchev–Trinajstić information content (AvgIpc) is 3.12. The second-order valence-electron chi connectivity index (χ2n) is 5.02. The monoisotopic (exact) mass is 312 g/mol. The molecule has 8 nitrogen and oxygen atoms in total. The minimum Gasteiger partial charge on any atom is -0.395 e. The Bertz CT molecular complexity index is 627. The first-order chi connectivity index (χ1) is 10.2. The summed E-state index contributed by atoms with van der Waals surface area (Å²) in [6.07, 6.45) is 6.29. The quantitative estimate of drug-likeness (QED) is 0.565. The molecule has 0 amide bonds. The lowest BCUT2D eigenvalue weighted by Crippen LogP contribution is -2.37. The second-order valence-corrected chi connectivity index (χ2v) is 5.36. The molecule has 0 bridgehead atoms. The summed E-state index contributed by atoms with van der Waals surface area (Å²) in [5.74, 6) is 0.176. The average molecular weight is 313 g/mol. The third kappa shape index (κ3) is 2.80. The van der Waals surface area contributed by atoms with Gasteiger partial charge in [0.1, 0.15) is 0 Å². The smallest absolute Gasteiger partial charge is 0.226 e. The van der Waals surface area contributed by atoms with Crippen molar-refractivity contribution in [2.45, 2.75) is 31.7 Å². The molecule has 21 heavy (non-hydrogen) atoms. The number of aromatic nitrogens is 4. The lowest BCUT2D eigenvalue weighted by molar-refractivity contribution is 0.191. The Morgan fingerprint density at radius 1 is 1.38 bits per heavy atom. The van der Waals surface area contributed by atoms with E-state index in [1.807, 2.05) is 4.57 Å². The molecule has 2 aromatic rings. The fourth-order valence-electron chi connectivity index (χ4n) is 2.70. The molecule has 3 N–H and O–H groups in total. The van der Waals surface area contributed by atoms with Crippen molar-refractivity contribution in [1.82, 2.24) is 24.9 Å². The van der Waals surface area contributed by atoms with Gasteiger partial charge in [0.2, 0.25) is 11.1 Å². The molecule has 1 aliphatic carbocycles. The van der Waals surface area contributed by atoms with E-state index in [4.69, 9.17) is 16.7 Å². The Morgan fingerprint density at radius 3 is 2.86 bits per heavy atom. The highest BCUT2D eigenvalue weighted by Gasteiger charge is 2.23. The van der Waals surface area contributed by atoms with Crippen molar-refractivity contribution in [3.63, 3.8) is 0 Å². The first-order valence-electron chi connectivity index (χ1n) is 6.94. The highest BCUT2D eigenvalue weighted by atomic mass is 35.5. The number of hydrogen-bond donors (Lipinski definition) is 3. The van der Waals surface area contributed by atoms with Gasteiger partial charge in [-0.1, -0.05) is 12.8 Å². The van der Waals surface area contributed by atoms with Crippen molar-refractivity contribution >= 4 is 28.6 Å². The molecule has 0 radical (unpaired) electrons. The van der Waals surface area contributed by atoms with Gasteiger partial charge in [-0.05, 0) is 24.4 Å². The van der Waals surface area contributed by atoms with Crippen LogP contribution in [-0.2, 0) is 0 Å². The van der Waals surface area contributed by atoms with Crippen molar-refractivity contribution in [3.05, 3.63) is 11.6 Å². The van der Waals surface area contributed by atoms with Crippen LogP contribution in [0.2, 0.25) is 5.28 Å². The van der Waals surface area contributed by atoms with Gasteiger partial charge in [-0.15, -0.1) is 0 Å². The van der Waals surface area contributed by atoms with E-state index in [1.165, 1.54) is 12.8 Å². The Labute approximate surface area is 126 Å². The van der Waals surface area contributed by atoms with Crippen molar-refractivity contribution < 1.29 is 10.3 Å². The fourth-order valence-corrected chi connectivity index (χ4v) is 2.86.